The van der Waals surface area contributed by atoms with Crippen LogP contribution in [0.4, 0.5) is 5.69 Å². The summed E-state index contributed by atoms with van der Waals surface area (Å²) in [4.78, 5) is 13.6. The molecule has 0 saturated heterocycles. The topological polar surface area (TPSA) is 75.7 Å². The third-order valence-corrected chi connectivity index (χ3v) is 2.13. The van der Waals surface area contributed by atoms with Gasteiger partial charge in [0.05, 0.1) is 6.20 Å². The van der Waals surface area contributed by atoms with Crippen LogP contribution in [0.15, 0.2) is 40.0 Å². The first-order valence-corrected chi connectivity index (χ1v) is 4.59. The van der Waals surface area contributed by atoms with Crippen molar-refractivity contribution in [3.63, 3.8) is 0 Å². The van der Waals surface area contributed by atoms with E-state index in [0.29, 0.717) is 23.4 Å². The van der Waals surface area contributed by atoms with Gasteiger partial charge in [0, 0.05) is 12.0 Å². The van der Waals surface area contributed by atoms with Gasteiger partial charge in [0.1, 0.15) is 11.4 Å². The maximum absolute atomic E-state index is 10.1. The molecule has 0 atom stereocenters. The average Bonchev–Trinajstić information content (AvgIpc) is 2.70. The molecule has 80 valence electrons. The van der Waals surface area contributed by atoms with Crippen molar-refractivity contribution in [2.24, 2.45) is 4.99 Å². The molecule has 0 saturated carbocycles. The zero-order valence-corrected chi connectivity index (χ0v) is 8.25. The van der Waals surface area contributed by atoms with Crippen molar-refractivity contribution >= 4 is 11.8 Å². The highest BCUT2D eigenvalue weighted by molar-refractivity contribution is 5.51. The van der Waals surface area contributed by atoms with Crippen molar-refractivity contribution in [1.82, 2.24) is 5.16 Å². The van der Waals surface area contributed by atoms with Crippen molar-refractivity contribution in [3.8, 4) is 5.75 Å². The van der Waals surface area contributed by atoms with Crippen LogP contribution < -0.4 is 0 Å². The molecule has 0 bridgehead atoms. The monoisotopic (exact) mass is 216 g/mol. The molecule has 1 N–H and O–H groups in total. The highest BCUT2D eigenvalue weighted by atomic mass is 16.5. The molecule has 1 aromatic heterocycles. The Kier molecular flexibility index (Phi) is 2.80. The fraction of sp³-hybridized carbons (Fsp3) is 0.0909. The number of hydrogen-bond acceptors (Lipinski definition) is 5. The number of aromatic hydroxyl groups is 1. The molecule has 0 aliphatic heterocycles. The summed E-state index contributed by atoms with van der Waals surface area (Å²) < 4.78 is 4.94. The van der Waals surface area contributed by atoms with E-state index < -0.39 is 0 Å². The summed E-state index contributed by atoms with van der Waals surface area (Å²) in [6.07, 6.45) is 3.08. The third-order valence-electron chi connectivity index (χ3n) is 2.13. The van der Waals surface area contributed by atoms with Crippen molar-refractivity contribution in [2.75, 3.05) is 0 Å². The zero-order valence-electron chi connectivity index (χ0n) is 8.25. The Hall–Kier alpha value is -2.39. The van der Waals surface area contributed by atoms with Crippen LogP contribution in [0.5, 0.6) is 5.75 Å². The second-order valence-corrected chi connectivity index (χ2v) is 3.14. The van der Waals surface area contributed by atoms with Crippen molar-refractivity contribution in [3.05, 3.63) is 41.8 Å². The number of aromatic nitrogens is 1. The Morgan fingerprint density at radius 2 is 2.25 bits per heavy atom. The maximum atomic E-state index is 10.1. The van der Waals surface area contributed by atoms with Gasteiger partial charge in [-0.3, -0.25) is 0 Å². The fourth-order valence-corrected chi connectivity index (χ4v) is 1.36. The summed E-state index contributed by atoms with van der Waals surface area (Å²) in [7, 11) is 0. The lowest BCUT2D eigenvalue weighted by Crippen LogP contribution is -1.86. The number of nitrogens with zero attached hydrogens (tertiary/aromatic N) is 2. The first kappa shape index (κ1) is 10.1. The van der Waals surface area contributed by atoms with E-state index in [1.807, 2.05) is 0 Å². The number of para-hydroxylation sites is 1. The van der Waals surface area contributed by atoms with E-state index in [9.17, 15) is 9.90 Å². The van der Waals surface area contributed by atoms with E-state index in [-0.39, 0.29) is 5.75 Å². The Balaban J connectivity index is 2.30. The van der Waals surface area contributed by atoms with Gasteiger partial charge >= 0.3 is 0 Å². The van der Waals surface area contributed by atoms with Crippen molar-refractivity contribution < 1.29 is 14.4 Å². The minimum atomic E-state index is 0.167. The largest absolute Gasteiger partial charge is 0.508 e. The van der Waals surface area contributed by atoms with E-state index in [1.54, 1.807) is 24.3 Å². The lowest BCUT2D eigenvalue weighted by atomic mass is 10.1. The molecule has 0 aliphatic rings. The SMILES string of the molecule is O=C=Nc1cnoc1Cc1ccccc1O. The van der Waals surface area contributed by atoms with Crippen LogP contribution in [-0.4, -0.2) is 16.3 Å². The first-order chi connectivity index (χ1) is 7.81. The second kappa shape index (κ2) is 4.42. The Bertz CT molecular complexity index is 542. The Morgan fingerprint density at radius 1 is 1.44 bits per heavy atom. The van der Waals surface area contributed by atoms with Gasteiger partial charge in [-0.1, -0.05) is 23.4 Å². The zero-order chi connectivity index (χ0) is 11.4. The van der Waals surface area contributed by atoms with Crippen LogP contribution >= 0.6 is 0 Å². The summed E-state index contributed by atoms with van der Waals surface area (Å²) in [5.74, 6) is 0.588. The smallest absolute Gasteiger partial charge is 0.240 e. The lowest BCUT2D eigenvalue weighted by Gasteiger charge is -2.00. The molecule has 0 aliphatic carbocycles. The summed E-state index contributed by atoms with van der Waals surface area (Å²) in [6.45, 7) is 0. The van der Waals surface area contributed by atoms with Gasteiger partial charge < -0.3 is 9.63 Å². The van der Waals surface area contributed by atoms with Gasteiger partial charge in [-0.2, -0.15) is 4.99 Å². The molecule has 16 heavy (non-hydrogen) atoms. The molecule has 5 nitrogen and oxygen atoms in total. The first-order valence-electron chi connectivity index (χ1n) is 4.59. The lowest BCUT2D eigenvalue weighted by molar-refractivity contribution is 0.387. The van der Waals surface area contributed by atoms with E-state index in [2.05, 4.69) is 10.1 Å². The summed E-state index contributed by atoms with van der Waals surface area (Å²) in [5.41, 5.74) is 1.01. The molecular weight excluding hydrogens is 208 g/mol. The molecule has 5 heteroatoms. The second-order valence-electron chi connectivity index (χ2n) is 3.14. The highest BCUT2D eigenvalue weighted by Crippen LogP contribution is 2.25. The Labute approximate surface area is 91.0 Å². The Morgan fingerprint density at radius 3 is 3.00 bits per heavy atom. The minimum absolute atomic E-state index is 0.167. The molecule has 1 aromatic carbocycles. The van der Waals surface area contributed by atoms with Gasteiger partial charge in [0.25, 0.3) is 0 Å². The molecule has 2 aromatic rings. The standard InChI is InChI=1S/C11H8N2O3/c14-7-12-9-6-13-16-11(9)5-8-3-1-2-4-10(8)15/h1-4,6,15H,5H2. The molecule has 2 rings (SSSR count). The molecule has 1 heterocycles. The molecule has 0 spiro atoms. The fourth-order valence-electron chi connectivity index (χ4n) is 1.36. The van der Waals surface area contributed by atoms with E-state index in [0.717, 1.165) is 0 Å². The van der Waals surface area contributed by atoms with Crippen LogP contribution in [0.1, 0.15) is 11.3 Å². The van der Waals surface area contributed by atoms with Crippen molar-refractivity contribution in [2.45, 2.75) is 6.42 Å². The molecule has 0 radical (unpaired) electrons. The number of isocyanates is 1. The van der Waals surface area contributed by atoms with E-state index >= 15 is 0 Å². The van der Waals surface area contributed by atoms with Gasteiger partial charge in [0.2, 0.25) is 6.08 Å². The van der Waals surface area contributed by atoms with Crippen LogP contribution in [0.25, 0.3) is 0 Å². The van der Waals surface area contributed by atoms with Crippen LogP contribution in [-0.2, 0) is 11.2 Å². The predicted octanol–water partition coefficient (Wildman–Crippen LogP) is 1.94. The van der Waals surface area contributed by atoms with Gasteiger partial charge in [-0.15, -0.1) is 0 Å². The number of aliphatic imine (C=N–C) groups is 1. The number of hydrogen-bond donors (Lipinski definition) is 1. The van der Waals surface area contributed by atoms with Gasteiger partial charge in [0.15, 0.2) is 5.76 Å². The number of rotatable bonds is 3. The normalized spacial score (nSPS) is 9.75. The van der Waals surface area contributed by atoms with E-state index in [1.165, 1.54) is 12.3 Å². The quantitative estimate of drug-likeness (QED) is 0.628. The van der Waals surface area contributed by atoms with E-state index in [4.69, 9.17) is 4.52 Å². The van der Waals surface area contributed by atoms with Crippen LogP contribution in [0.3, 0.4) is 0 Å². The van der Waals surface area contributed by atoms with Crippen LogP contribution in [0, 0.1) is 0 Å². The molecule has 0 amide bonds. The number of carbonyl (C=O) groups excluding carboxylic acids is 1. The minimum Gasteiger partial charge on any atom is -0.508 e. The number of benzene rings is 1. The number of phenolic OH excluding ortho intramolecular Hbond substituents is 1. The average molecular weight is 216 g/mol. The third kappa shape index (κ3) is 1.99. The molecule has 0 unspecified atom stereocenters. The van der Waals surface area contributed by atoms with Crippen molar-refractivity contribution in [1.29, 1.82) is 0 Å². The predicted molar refractivity (Wildman–Crippen MR) is 55.2 cm³/mol. The number of phenols is 1. The van der Waals surface area contributed by atoms with Crippen LogP contribution in [0.2, 0.25) is 0 Å². The van der Waals surface area contributed by atoms with Gasteiger partial charge in [-0.25, -0.2) is 4.79 Å². The maximum Gasteiger partial charge on any atom is 0.240 e. The summed E-state index contributed by atoms with van der Waals surface area (Å²) in [5, 5.41) is 13.1. The highest BCUT2D eigenvalue weighted by Gasteiger charge is 2.10. The molecule has 0 fully saturated rings. The van der Waals surface area contributed by atoms with Gasteiger partial charge in [-0.05, 0) is 6.07 Å². The molecular formula is C11H8N2O3. The summed E-state index contributed by atoms with van der Waals surface area (Å²) in [6, 6.07) is 6.86. The summed E-state index contributed by atoms with van der Waals surface area (Å²) >= 11 is 0.